The molecule has 1 N–H and O–H groups in total. The Morgan fingerprint density at radius 3 is 2.57 bits per heavy atom. The van der Waals surface area contributed by atoms with Crippen LogP contribution in [0.1, 0.15) is 18.1 Å². The Kier molecular flexibility index (Phi) is 4.95. The Labute approximate surface area is 134 Å². The van der Waals surface area contributed by atoms with Gasteiger partial charge in [0, 0.05) is 11.8 Å². The number of hydrogen-bond donors (Lipinski definition) is 1. The maximum absolute atomic E-state index is 12.3. The molecule has 0 saturated carbocycles. The van der Waals surface area contributed by atoms with Crippen molar-refractivity contribution in [3.8, 4) is 5.75 Å². The molecule has 0 aliphatic heterocycles. The Morgan fingerprint density at radius 1 is 1.17 bits per heavy atom. The molecule has 23 heavy (non-hydrogen) atoms. The lowest BCUT2D eigenvalue weighted by molar-refractivity contribution is -0.386. The smallest absolute Gasteiger partial charge is 0.310 e. The van der Waals surface area contributed by atoms with E-state index in [1.165, 1.54) is 12.1 Å². The number of carbonyl (C=O) groups is 1. The van der Waals surface area contributed by atoms with Gasteiger partial charge in [0.05, 0.1) is 4.92 Å². The second-order valence-electron chi connectivity index (χ2n) is 5.22. The van der Waals surface area contributed by atoms with Crippen LogP contribution in [0.2, 0.25) is 0 Å². The first-order valence-electron chi connectivity index (χ1n) is 7.17. The standard InChI is InChI=1S/C17H18N2O4/c1-11-7-6-8-14(12(11)2)18-17(20)13(3)23-16-10-5-4-9-15(16)19(21)22/h4-10,13H,1-3H3,(H,18,20)/t13-/m0/s1. The summed E-state index contributed by atoms with van der Waals surface area (Å²) in [6.45, 7) is 5.42. The minimum atomic E-state index is -0.865. The molecule has 0 aliphatic rings. The number of hydrogen-bond acceptors (Lipinski definition) is 4. The van der Waals surface area contributed by atoms with Crippen LogP contribution in [-0.2, 0) is 4.79 Å². The normalized spacial score (nSPS) is 11.6. The number of ether oxygens (including phenoxy) is 1. The quantitative estimate of drug-likeness (QED) is 0.675. The molecular formula is C17H18N2O4. The fourth-order valence-electron chi connectivity index (χ4n) is 2.07. The summed E-state index contributed by atoms with van der Waals surface area (Å²) in [5, 5.41) is 13.8. The summed E-state index contributed by atoms with van der Waals surface area (Å²) in [6, 6.07) is 11.6. The third-order valence-electron chi connectivity index (χ3n) is 3.60. The molecule has 2 aromatic carbocycles. The SMILES string of the molecule is Cc1cccc(NC(=O)[C@H](C)Oc2ccccc2[N+](=O)[O-])c1C. The van der Waals surface area contributed by atoms with Gasteiger partial charge in [0.15, 0.2) is 11.9 Å². The van der Waals surface area contributed by atoms with Gasteiger partial charge in [0.25, 0.3) is 5.91 Å². The van der Waals surface area contributed by atoms with E-state index in [1.54, 1.807) is 25.1 Å². The van der Waals surface area contributed by atoms with Crippen molar-refractivity contribution in [3.63, 3.8) is 0 Å². The van der Waals surface area contributed by atoms with Crippen LogP contribution in [0.3, 0.4) is 0 Å². The van der Waals surface area contributed by atoms with Gasteiger partial charge in [0.1, 0.15) is 0 Å². The predicted octanol–water partition coefficient (Wildman–Crippen LogP) is 3.62. The van der Waals surface area contributed by atoms with Crippen LogP contribution < -0.4 is 10.1 Å². The maximum Gasteiger partial charge on any atom is 0.310 e. The molecule has 1 atom stereocenters. The molecule has 0 spiro atoms. The van der Waals surface area contributed by atoms with E-state index >= 15 is 0 Å². The Morgan fingerprint density at radius 2 is 1.87 bits per heavy atom. The molecule has 2 aromatic rings. The van der Waals surface area contributed by atoms with Crippen molar-refractivity contribution in [2.24, 2.45) is 0 Å². The Balaban J connectivity index is 2.12. The van der Waals surface area contributed by atoms with Gasteiger partial charge in [-0.15, -0.1) is 0 Å². The summed E-state index contributed by atoms with van der Waals surface area (Å²) in [4.78, 5) is 22.7. The topological polar surface area (TPSA) is 81.5 Å². The maximum atomic E-state index is 12.3. The number of nitro benzene ring substituents is 1. The molecule has 0 aromatic heterocycles. The molecule has 0 radical (unpaired) electrons. The van der Waals surface area contributed by atoms with Gasteiger partial charge in [-0.3, -0.25) is 14.9 Å². The van der Waals surface area contributed by atoms with Crippen molar-refractivity contribution in [2.75, 3.05) is 5.32 Å². The lowest BCUT2D eigenvalue weighted by Crippen LogP contribution is -2.30. The monoisotopic (exact) mass is 314 g/mol. The van der Waals surface area contributed by atoms with Crippen LogP contribution >= 0.6 is 0 Å². The van der Waals surface area contributed by atoms with Gasteiger partial charge < -0.3 is 10.1 Å². The largest absolute Gasteiger partial charge is 0.474 e. The lowest BCUT2D eigenvalue weighted by Gasteiger charge is -2.16. The number of nitro groups is 1. The number of anilines is 1. The molecule has 1 amide bonds. The van der Waals surface area contributed by atoms with Crippen LogP contribution in [0, 0.1) is 24.0 Å². The van der Waals surface area contributed by atoms with Crippen molar-refractivity contribution in [1.29, 1.82) is 0 Å². The van der Waals surface area contributed by atoms with E-state index in [-0.39, 0.29) is 17.3 Å². The molecule has 0 fully saturated rings. The number of carbonyl (C=O) groups excluding carboxylic acids is 1. The van der Waals surface area contributed by atoms with E-state index in [0.29, 0.717) is 5.69 Å². The number of benzene rings is 2. The van der Waals surface area contributed by atoms with E-state index in [9.17, 15) is 14.9 Å². The average molecular weight is 314 g/mol. The lowest BCUT2D eigenvalue weighted by atomic mass is 10.1. The van der Waals surface area contributed by atoms with Crippen LogP contribution in [0.25, 0.3) is 0 Å². The molecule has 0 aliphatic carbocycles. The highest BCUT2D eigenvalue weighted by atomic mass is 16.6. The van der Waals surface area contributed by atoms with Gasteiger partial charge in [-0.05, 0) is 44.0 Å². The van der Waals surface area contributed by atoms with E-state index in [4.69, 9.17) is 4.74 Å². The highest BCUT2D eigenvalue weighted by molar-refractivity contribution is 5.95. The Hall–Kier alpha value is -2.89. The summed E-state index contributed by atoms with van der Waals surface area (Å²) in [5.74, 6) is -0.294. The molecule has 120 valence electrons. The van der Waals surface area contributed by atoms with E-state index in [1.807, 2.05) is 26.0 Å². The summed E-state index contributed by atoms with van der Waals surface area (Å²) in [7, 11) is 0. The van der Waals surface area contributed by atoms with Gasteiger partial charge in [-0.2, -0.15) is 0 Å². The second kappa shape index (κ2) is 6.91. The van der Waals surface area contributed by atoms with Crippen molar-refractivity contribution in [1.82, 2.24) is 0 Å². The molecule has 0 heterocycles. The predicted molar refractivity (Wildman–Crippen MR) is 87.7 cm³/mol. The minimum absolute atomic E-state index is 0.0705. The summed E-state index contributed by atoms with van der Waals surface area (Å²) >= 11 is 0. The minimum Gasteiger partial charge on any atom is -0.474 e. The highest BCUT2D eigenvalue weighted by Crippen LogP contribution is 2.27. The molecule has 6 nitrogen and oxygen atoms in total. The Bertz CT molecular complexity index is 743. The first-order valence-corrected chi connectivity index (χ1v) is 7.17. The molecular weight excluding hydrogens is 296 g/mol. The average Bonchev–Trinajstić information content (AvgIpc) is 2.52. The van der Waals surface area contributed by atoms with Crippen molar-refractivity contribution < 1.29 is 14.5 Å². The van der Waals surface area contributed by atoms with Crippen LogP contribution in [0.4, 0.5) is 11.4 Å². The summed E-state index contributed by atoms with van der Waals surface area (Å²) in [6.07, 6.45) is -0.865. The number of para-hydroxylation sites is 2. The van der Waals surface area contributed by atoms with Crippen molar-refractivity contribution in [3.05, 3.63) is 63.7 Å². The highest BCUT2D eigenvalue weighted by Gasteiger charge is 2.21. The van der Waals surface area contributed by atoms with Gasteiger partial charge in [0.2, 0.25) is 0 Å². The van der Waals surface area contributed by atoms with E-state index < -0.39 is 11.0 Å². The number of rotatable bonds is 5. The van der Waals surface area contributed by atoms with Crippen LogP contribution in [0.15, 0.2) is 42.5 Å². The fourth-order valence-corrected chi connectivity index (χ4v) is 2.07. The molecule has 0 saturated heterocycles. The zero-order valence-electron chi connectivity index (χ0n) is 13.2. The first kappa shape index (κ1) is 16.5. The third kappa shape index (κ3) is 3.85. The van der Waals surface area contributed by atoms with Crippen LogP contribution in [0.5, 0.6) is 5.75 Å². The second-order valence-corrected chi connectivity index (χ2v) is 5.22. The molecule has 6 heteroatoms. The molecule has 2 rings (SSSR count). The van der Waals surface area contributed by atoms with Gasteiger partial charge in [-0.1, -0.05) is 24.3 Å². The number of amides is 1. The first-order chi connectivity index (χ1) is 10.9. The number of aryl methyl sites for hydroxylation is 1. The van der Waals surface area contributed by atoms with Crippen molar-refractivity contribution in [2.45, 2.75) is 26.9 Å². The summed E-state index contributed by atoms with van der Waals surface area (Å²) < 4.78 is 5.46. The zero-order valence-corrected chi connectivity index (χ0v) is 13.2. The van der Waals surface area contributed by atoms with E-state index in [0.717, 1.165) is 11.1 Å². The number of nitrogens with one attached hydrogen (secondary N) is 1. The zero-order chi connectivity index (χ0) is 17.0. The third-order valence-corrected chi connectivity index (χ3v) is 3.60. The van der Waals surface area contributed by atoms with E-state index in [2.05, 4.69) is 5.32 Å². The molecule has 0 bridgehead atoms. The van der Waals surface area contributed by atoms with Gasteiger partial charge >= 0.3 is 5.69 Å². The number of nitrogens with zero attached hydrogens (tertiary/aromatic N) is 1. The van der Waals surface area contributed by atoms with Crippen LogP contribution in [-0.4, -0.2) is 16.9 Å². The fraction of sp³-hybridized carbons (Fsp3) is 0.235. The summed E-state index contributed by atoms with van der Waals surface area (Å²) in [5.41, 5.74) is 2.57. The van der Waals surface area contributed by atoms with Crippen molar-refractivity contribution >= 4 is 17.3 Å². The molecule has 0 unspecified atom stereocenters. The van der Waals surface area contributed by atoms with Gasteiger partial charge in [-0.25, -0.2) is 0 Å².